The van der Waals surface area contributed by atoms with E-state index in [1.54, 1.807) is 22.9 Å². The zero-order valence-electron chi connectivity index (χ0n) is 7.57. The van der Waals surface area contributed by atoms with Crippen LogP contribution in [0.2, 0.25) is 0 Å². The molecule has 0 fully saturated rings. The van der Waals surface area contributed by atoms with Gasteiger partial charge in [-0.15, -0.1) is 0 Å². The Kier molecular flexibility index (Phi) is 4.21. The zero-order chi connectivity index (χ0) is 9.52. The molecule has 0 radical (unpaired) electrons. The molecule has 1 aromatic rings. The fourth-order valence-corrected chi connectivity index (χ4v) is 1.07. The summed E-state index contributed by atoms with van der Waals surface area (Å²) in [5.74, 6) is 0. The fraction of sp³-hybridized carbons (Fsp3) is 0.444. The number of pyridine rings is 1. The van der Waals surface area contributed by atoms with Crippen LogP contribution in [0, 0.1) is 0 Å². The van der Waals surface area contributed by atoms with Crippen LogP contribution in [0.15, 0.2) is 29.2 Å². The summed E-state index contributed by atoms with van der Waals surface area (Å²) in [5, 5.41) is 3.13. The minimum atomic E-state index is 0.0389. The van der Waals surface area contributed by atoms with Gasteiger partial charge in [-0.25, -0.2) is 0 Å². The SMILES string of the molecule is NCCNCCn1ccccc1=O. The van der Waals surface area contributed by atoms with Gasteiger partial charge in [0.1, 0.15) is 0 Å². The Morgan fingerprint density at radius 3 is 2.92 bits per heavy atom. The van der Waals surface area contributed by atoms with E-state index < -0.39 is 0 Å². The lowest BCUT2D eigenvalue weighted by Crippen LogP contribution is -2.29. The summed E-state index contributed by atoms with van der Waals surface area (Å²) < 4.78 is 1.67. The highest BCUT2D eigenvalue weighted by atomic mass is 16.1. The number of rotatable bonds is 5. The number of aromatic nitrogens is 1. The first-order valence-electron chi connectivity index (χ1n) is 4.41. The minimum Gasteiger partial charge on any atom is -0.329 e. The van der Waals surface area contributed by atoms with Gasteiger partial charge in [-0.2, -0.15) is 0 Å². The third kappa shape index (κ3) is 3.40. The van der Waals surface area contributed by atoms with Crippen molar-refractivity contribution in [2.24, 2.45) is 5.73 Å². The molecule has 0 aliphatic carbocycles. The first-order chi connectivity index (χ1) is 6.34. The molecule has 0 amide bonds. The van der Waals surface area contributed by atoms with Gasteiger partial charge in [-0.3, -0.25) is 4.79 Å². The third-order valence-corrected chi connectivity index (χ3v) is 1.75. The molecule has 0 atom stereocenters. The Morgan fingerprint density at radius 1 is 1.38 bits per heavy atom. The highest BCUT2D eigenvalue weighted by molar-refractivity contribution is 4.93. The molecule has 0 unspecified atom stereocenters. The van der Waals surface area contributed by atoms with Gasteiger partial charge in [-0.1, -0.05) is 6.07 Å². The van der Waals surface area contributed by atoms with Gasteiger partial charge in [0, 0.05) is 38.4 Å². The van der Waals surface area contributed by atoms with Gasteiger partial charge in [0.25, 0.3) is 5.56 Å². The van der Waals surface area contributed by atoms with E-state index in [1.165, 1.54) is 0 Å². The molecule has 1 heterocycles. The van der Waals surface area contributed by atoms with Crippen LogP contribution in [0.5, 0.6) is 0 Å². The number of nitrogens with zero attached hydrogens (tertiary/aromatic N) is 1. The normalized spacial score (nSPS) is 10.2. The van der Waals surface area contributed by atoms with Gasteiger partial charge in [0.15, 0.2) is 0 Å². The van der Waals surface area contributed by atoms with Crippen molar-refractivity contribution in [3.05, 3.63) is 34.7 Å². The molecule has 0 spiro atoms. The first-order valence-corrected chi connectivity index (χ1v) is 4.41. The van der Waals surface area contributed by atoms with Crippen molar-refractivity contribution >= 4 is 0 Å². The van der Waals surface area contributed by atoms with Crippen molar-refractivity contribution in [1.82, 2.24) is 9.88 Å². The molecule has 0 saturated heterocycles. The zero-order valence-corrected chi connectivity index (χ0v) is 7.57. The van der Waals surface area contributed by atoms with E-state index in [1.807, 2.05) is 6.07 Å². The van der Waals surface area contributed by atoms with Crippen molar-refractivity contribution in [2.45, 2.75) is 6.54 Å². The number of nitrogens with one attached hydrogen (secondary N) is 1. The van der Waals surface area contributed by atoms with E-state index in [0.717, 1.165) is 13.1 Å². The van der Waals surface area contributed by atoms with Crippen LogP contribution < -0.4 is 16.6 Å². The summed E-state index contributed by atoms with van der Waals surface area (Å²) in [4.78, 5) is 11.2. The summed E-state index contributed by atoms with van der Waals surface area (Å²) in [7, 11) is 0. The second kappa shape index (κ2) is 5.50. The summed E-state index contributed by atoms with van der Waals surface area (Å²) in [6.07, 6.45) is 1.78. The van der Waals surface area contributed by atoms with E-state index in [2.05, 4.69) is 5.32 Å². The van der Waals surface area contributed by atoms with Crippen molar-refractivity contribution in [3.63, 3.8) is 0 Å². The van der Waals surface area contributed by atoms with Crippen LogP contribution in [0.1, 0.15) is 0 Å². The van der Waals surface area contributed by atoms with Crippen molar-refractivity contribution in [1.29, 1.82) is 0 Å². The van der Waals surface area contributed by atoms with E-state index in [0.29, 0.717) is 13.1 Å². The molecule has 0 aliphatic heterocycles. The molecular formula is C9H15N3O. The van der Waals surface area contributed by atoms with Gasteiger partial charge < -0.3 is 15.6 Å². The van der Waals surface area contributed by atoms with E-state index in [-0.39, 0.29) is 5.56 Å². The van der Waals surface area contributed by atoms with Gasteiger partial charge >= 0.3 is 0 Å². The molecule has 4 nitrogen and oxygen atoms in total. The molecule has 0 bridgehead atoms. The average Bonchev–Trinajstić information content (AvgIpc) is 2.15. The third-order valence-electron chi connectivity index (χ3n) is 1.75. The number of nitrogens with two attached hydrogens (primary N) is 1. The molecule has 1 rings (SSSR count). The second-order valence-corrected chi connectivity index (χ2v) is 2.77. The van der Waals surface area contributed by atoms with Gasteiger partial charge in [0.05, 0.1) is 0 Å². The van der Waals surface area contributed by atoms with Gasteiger partial charge in [-0.05, 0) is 6.07 Å². The van der Waals surface area contributed by atoms with Crippen LogP contribution in [0.25, 0.3) is 0 Å². The Labute approximate surface area is 77.4 Å². The molecule has 1 aromatic heterocycles. The van der Waals surface area contributed by atoms with Crippen molar-refractivity contribution in [2.75, 3.05) is 19.6 Å². The molecule has 13 heavy (non-hydrogen) atoms. The molecule has 0 aliphatic rings. The molecule has 72 valence electrons. The fourth-order valence-electron chi connectivity index (χ4n) is 1.07. The maximum Gasteiger partial charge on any atom is 0.250 e. The lowest BCUT2D eigenvalue weighted by molar-refractivity contribution is 0.589. The lowest BCUT2D eigenvalue weighted by Gasteiger charge is -2.05. The molecule has 4 heteroatoms. The predicted molar refractivity (Wildman–Crippen MR) is 52.6 cm³/mol. The summed E-state index contributed by atoms with van der Waals surface area (Å²) in [6, 6.07) is 5.15. The standard InChI is InChI=1S/C9H15N3O/c10-4-5-11-6-8-12-7-2-1-3-9(12)13/h1-3,7,11H,4-6,8,10H2. The molecule has 0 saturated carbocycles. The highest BCUT2D eigenvalue weighted by Gasteiger charge is 1.91. The van der Waals surface area contributed by atoms with Gasteiger partial charge in [0.2, 0.25) is 0 Å². The summed E-state index contributed by atoms with van der Waals surface area (Å²) in [6.45, 7) is 2.89. The smallest absolute Gasteiger partial charge is 0.250 e. The Balaban J connectivity index is 2.37. The van der Waals surface area contributed by atoms with Crippen molar-refractivity contribution in [3.8, 4) is 0 Å². The van der Waals surface area contributed by atoms with Crippen molar-refractivity contribution < 1.29 is 0 Å². The maximum atomic E-state index is 11.2. The Bertz CT molecular complexity index is 295. The quantitative estimate of drug-likeness (QED) is 0.596. The minimum absolute atomic E-state index is 0.0389. The summed E-state index contributed by atoms with van der Waals surface area (Å²) in [5.41, 5.74) is 5.35. The number of hydrogen-bond donors (Lipinski definition) is 2. The maximum absolute atomic E-state index is 11.2. The monoisotopic (exact) mass is 181 g/mol. The predicted octanol–water partition coefficient (Wildman–Crippen LogP) is -0.603. The highest BCUT2D eigenvalue weighted by Crippen LogP contribution is 1.80. The Morgan fingerprint density at radius 2 is 2.23 bits per heavy atom. The number of hydrogen-bond acceptors (Lipinski definition) is 3. The van der Waals surface area contributed by atoms with E-state index in [4.69, 9.17) is 5.73 Å². The van der Waals surface area contributed by atoms with Crippen LogP contribution in [0.4, 0.5) is 0 Å². The largest absolute Gasteiger partial charge is 0.329 e. The lowest BCUT2D eigenvalue weighted by atomic mass is 10.4. The molecule has 0 aromatic carbocycles. The van der Waals surface area contributed by atoms with Crippen LogP contribution in [0.3, 0.4) is 0 Å². The average molecular weight is 181 g/mol. The topological polar surface area (TPSA) is 60.0 Å². The van der Waals surface area contributed by atoms with E-state index >= 15 is 0 Å². The molecular weight excluding hydrogens is 166 g/mol. The molecule has 3 N–H and O–H groups in total. The van der Waals surface area contributed by atoms with Crippen LogP contribution in [-0.2, 0) is 6.54 Å². The van der Waals surface area contributed by atoms with Crippen LogP contribution >= 0.6 is 0 Å². The second-order valence-electron chi connectivity index (χ2n) is 2.77. The van der Waals surface area contributed by atoms with Crippen LogP contribution in [-0.4, -0.2) is 24.2 Å². The first kappa shape index (κ1) is 9.95. The van der Waals surface area contributed by atoms with E-state index in [9.17, 15) is 4.79 Å². The Hall–Kier alpha value is -1.13. The summed E-state index contributed by atoms with van der Waals surface area (Å²) >= 11 is 0.